The Bertz CT molecular complexity index is 593. The molecule has 3 fully saturated rings. The van der Waals surface area contributed by atoms with E-state index in [9.17, 15) is 17.4 Å². The SMILES string of the molecule is C=C.O=C(O)S.O=C(O)S.O=C(O)S.O=C1CCCO1.O=S1(=O)CCCC1.O=S1OCCO1. The molecule has 0 amide bonds. The number of hydrogen-bond donors (Lipinski definition) is 6. The fraction of sp³-hybridized carbons (Fsp3) is 0.600. The smallest absolute Gasteiger partial charge is 0.361 e. The molecule has 33 heavy (non-hydrogen) atoms. The maximum Gasteiger partial charge on any atom is 0.361 e. The largest absolute Gasteiger partial charge is 0.473 e. The third-order valence-corrected chi connectivity index (χ3v) is 4.93. The summed E-state index contributed by atoms with van der Waals surface area (Å²) in [5, 5.41) is 18.4. The molecule has 3 saturated heterocycles. The zero-order valence-corrected chi connectivity index (χ0v) is 21.7. The second kappa shape index (κ2) is 26.9. The molecular weight excluding hydrogens is 548 g/mol. The first-order valence-electron chi connectivity index (χ1n) is 8.49. The highest BCUT2D eigenvalue weighted by Crippen LogP contribution is 2.08. The Morgan fingerprint density at radius 2 is 1.15 bits per heavy atom. The minimum atomic E-state index is -2.55. The van der Waals surface area contributed by atoms with Crippen LogP contribution in [0.25, 0.3) is 0 Å². The highest BCUT2D eigenvalue weighted by molar-refractivity contribution is 7.96. The topological polar surface area (TPSA) is 208 Å². The predicted octanol–water partition coefficient (Wildman–Crippen LogP) is 2.72. The van der Waals surface area contributed by atoms with E-state index >= 15 is 0 Å². The van der Waals surface area contributed by atoms with Crippen molar-refractivity contribution < 1.29 is 60.2 Å². The maximum absolute atomic E-state index is 10.4. The van der Waals surface area contributed by atoms with Crippen molar-refractivity contribution in [1.82, 2.24) is 0 Å². The van der Waals surface area contributed by atoms with E-state index in [1.54, 1.807) is 0 Å². The summed E-state index contributed by atoms with van der Waals surface area (Å²) in [6.07, 6.45) is 3.30. The molecule has 0 saturated carbocycles. The summed E-state index contributed by atoms with van der Waals surface area (Å²) in [4.78, 5) is 36.6. The average molecular weight is 577 g/mol. The fourth-order valence-electron chi connectivity index (χ4n) is 1.46. The van der Waals surface area contributed by atoms with Gasteiger partial charge in [-0.2, -0.15) is 4.21 Å². The van der Waals surface area contributed by atoms with E-state index in [-0.39, 0.29) is 5.97 Å². The molecule has 3 N–H and O–H groups in total. The molecule has 0 bridgehead atoms. The summed E-state index contributed by atoms with van der Waals surface area (Å²) < 4.78 is 44.1. The van der Waals surface area contributed by atoms with E-state index in [4.69, 9.17) is 29.7 Å². The molecule has 0 aromatic rings. The second-order valence-electron chi connectivity index (χ2n) is 4.88. The summed E-state index contributed by atoms with van der Waals surface area (Å²) in [6.45, 7) is 7.57. The lowest BCUT2D eigenvalue weighted by Crippen LogP contribution is -1.98. The lowest BCUT2D eigenvalue weighted by Gasteiger charge is -1.81. The number of ether oxygens (including phenoxy) is 1. The van der Waals surface area contributed by atoms with Crippen LogP contribution in [0.2, 0.25) is 0 Å². The van der Waals surface area contributed by atoms with Crippen LogP contribution in [-0.4, -0.2) is 81.1 Å². The molecule has 0 atom stereocenters. The van der Waals surface area contributed by atoms with Gasteiger partial charge in [0.05, 0.1) is 31.3 Å². The number of thiol groups is 3. The van der Waals surface area contributed by atoms with Crippen molar-refractivity contribution in [2.45, 2.75) is 25.7 Å². The number of hydrogen-bond acceptors (Lipinski definition) is 10. The number of cyclic esters (lactones) is 1. The van der Waals surface area contributed by atoms with Crippen LogP contribution in [-0.2, 0) is 39.1 Å². The second-order valence-corrected chi connectivity index (χ2v) is 9.21. The molecule has 13 nitrogen and oxygen atoms in total. The molecule has 0 radical (unpaired) electrons. The van der Waals surface area contributed by atoms with Gasteiger partial charge < -0.3 is 20.1 Å². The first kappa shape index (κ1) is 38.9. The zero-order valence-electron chi connectivity index (χ0n) is 17.4. The zero-order chi connectivity index (χ0) is 26.9. The fourth-order valence-corrected chi connectivity index (χ4v) is 3.43. The van der Waals surface area contributed by atoms with E-state index in [2.05, 4.69) is 64.1 Å². The summed E-state index contributed by atoms with van der Waals surface area (Å²) in [6, 6.07) is 0. The predicted molar refractivity (Wildman–Crippen MR) is 130 cm³/mol. The Hall–Kier alpha value is -1.31. The Morgan fingerprint density at radius 1 is 0.818 bits per heavy atom. The van der Waals surface area contributed by atoms with Gasteiger partial charge in [-0.15, -0.1) is 13.2 Å². The first-order valence-corrected chi connectivity index (χ1v) is 12.7. The number of rotatable bonds is 0. The highest BCUT2D eigenvalue weighted by Gasteiger charge is 2.16. The van der Waals surface area contributed by atoms with Crippen LogP contribution in [0.15, 0.2) is 13.2 Å². The Morgan fingerprint density at radius 3 is 1.24 bits per heavy atom. The maximum atomic E-state index is 10.4. The van der Waals surface area contributed by atoms with Crippen LogP contribution < -0.4 is 0 Å². The van der Waals surface area contributed by atoms with Gasteiger partial charge in [-0.3, -0.25) is 13.2 Å². The van der Waals surface area contributed by atoms with Crippen LogP contribution in [0, 0.1) is 0 Å². The van der Waals surface area contributed by atoms with E-state index in [0.29, 0.717) is 37.7 Å². The van der Waals surface area contributed by atoms with E-state index < -0.39 is 37.1 Å². The van der Waals surface area contributed by atoms with Crippen molar-refractivity contribution >= 4 is 81.0 Å². The van der Waals surface area contributed by atoms with E-state index in [0.717, 1.165) is 19.3 Å². The van der Waals surface area contributed by atoms with Crippen LogP contribution >= 0.6 is 37.9 Å². The minimum Gasteiger partial charge on any atom is -0.473 e. The molecule has 0 aromatic carbocycles. The molecule has 3 heterocycles. The van der Waals surface area contributed by atoms with Crippen LogP contribution in [0.1, 0.15) is 25.7 Å². The summed E-state index contributed by atoms with van der Waals surface area (Å²) in [5.41, 5.74) is 0. The van der Waals surface area contributed by atoms with Crippen molar-refractivity contribution in [1.29, 1.82) is 0 Å². The number of sulfone groups is 1. The molecule has 0 unspecified atom stereocenters. The van der Waals surface area contributed by atoms with Crippen molar-refractivity contribution in [2.24, 2.45) is 0 Å². The average Bonchev–Trinajstić information content (AvgIpc) is 3.41. The minimum absolute atomic E-state index is 0.0463. The van der Waals surface area contributed by atoms with Gasteiger partial charge in [0.1, 0.15) is 9.84 Å². The normalized spacial score (nSPS) is 16.8. The van der Waals surface area contributed by atoms with Gasteiger partial charge in [0.2, 0.25) is 0 Å². The van der Waals surface area contributed by atoms with Crippen molar-refractivity contribution in [3.8, 4) is 0 Å². The van der Waals surface area contributed by atoms with E-state index in [1.165, 1.54) is 0 Å². The van der Waals surface area contributed by atoms with Gasteiger partial charge in [0.15, 0.2) is 0 Å². The summed E-state index contributed by atoms with van der Waals surface area (Å²) in [7, 11) is -2.55. The van der Waals surface area contributed by atoms with Gasteiger partial charge in [0, 0.05) is 6.42 Å². The van der Waals surface area contributed by atoms with Crippen molar-refractivity contribution in [2.75, 3.05) is 31.3 Å². The molecule has 3 rings (SSSR count). The number of carbonyl (C=O) groups excluding carboxylic acids is 1. The summed E-state index contributed by atoms with van der Waals surface area (Å²) in [5.74, 6) is 0.801. The first-order chi connectivity index (χ1) is 15.2. The molecule has 3 aliphatic rings. The molecule has 0 aromatic heterocycles. The van der Waals surface area contributed by atoms with Crippen LogP contribution in [0.5, 0.6) is 0 Å². The highest BCUT2D eigenvalue weighted by atomic mass is 32.2. The standard InChI is InChI=1S/C4H8O2S.C4H6O2.C2H4O3S.C2H4.3CH2O2S/c5-7(6)3-1-2-4-7;5-4-2-1-3-6-4;3-6-4-1-2-5-6;1-2;3*2-1(3)4/h1-4H2;1-3H2;1-2H2;1-2H2;3*4H,(H,2,3). The number of carbonyl (C=O) groups is 4. The molecule has 0 aliphatic carbocycles. The van der Waals surface area contributed by atoms with Crippen molar-refractivity contribution in [3.05, 3.63) is 13.2 Å². The third kappa shape index (κ3) is 53.7. The molecule has 3 aliphatic heterocycles. The van der Waals surface area contributed by atoms with Crippen molar-refractivity contribution in [3.63, 3.8) is 0 Å². The Kier molecular flexibility index (Phi) is 31.8. The lowest BCUT2D eigenvalue weighted by molar-refractivity contribution is -0.137. The van der Waals surface area contributed by atoms with E-state index in [1.807, 2.05) is 0 Å². The van der Waals surface area contributed by atoms with Gasteiger partial charge in [-0.05, 0) is 19.3 Å². The van der Waals surface area contributed by atoms with Crippen LogP contribution in [0.4, 0.5) is 14.4 Å². The molecule has 0 spiro atoms. The number of carboxylic acid groups (broad SMARTS) is 3. The van der Waals surface area contributed by atoms with Gasteiger partial charge in [-0.1, -0.05) is 37.9 Å². The molecule has 196 valence electrons. The summed E-state index contributed by atoms with van der Waals surface area (Å²) >= 11 is 7.23. The van der Waals surface area contributed by atoms with Gasteiger partial charge in [0.25, 0.3) is 0 Å². The quantitative estimate of drug-likeness (QED) is 0.139. The Balaban J connectivity index is -0.000000153. The lowest BCUT2D eigenvalue weighted by atomic mass is 10.4. The molecular formula is C15H28O13S5. The monoisotopic (exact) mass is 576 g/mol. The van der Waals surface area contributed by atoms with Gasteiger partial charge >= 0.3 is 33.2 Å². The molecule has 18 heteroatoms. The van der Waals surface area contributed by atoms with Crippen LogP contribution in [0.3, 0.4) is 0 Å². The van der Waals surface area contributed by atoms with Gasteiger partial charge in [-0.25, -0.2) is 22.8 Å². The number of esters is 1. The Labute approximate surface area is 210 Å². The third-order valence-electron chi connectivity index (χ3n) is 2.39.